The van der Waals surface area contributed by atoms with Crippen LogP contribution < -0.4 is 5.32 Å². The van der Waals surface area contributed by atoms with Gasteiger partial charge in [-0.15, -0.1) is 0 Å². The number of hydrogen-bond acceptors (Lipinski definition) is 2. The topological polar surface area (TPSA) is 21.3 Å². The number of hydrogen-bond donors (Lipinski definition) is 1. The van der Waals surface area contributed by atoms with Crippen LogP contribution in [0.25, 0.3) is 0 Å². The fraction of sp³-hybridized carbons (Fsp3) is 0.538. The highest BCUT2D eigenvalue weighted by molar-refractivity contribution is 9.10. The first-order valence-electron chi connectivity index (χ1n) is 5.85. The third-order valence-electron chi connectivity index (χ3n) is 2.33. The fourth-order valence-corrected chi connectivity index (χ4v) is 1.94. The highest BCUT2D eigenvalue weighted by Crippen LogP contribution is 2.20. The van der Waals surface area contributed by atoms with Gasteiger partial charge in [-0.2, -0.15) is 0 Å². The molecule has 1 aromatic carbocycles. The van der Waals surface area contributed by atoms with E-state index in [4.69, 9.17) is 4.74 Å². The molecule has 0 radical (unpaired) electrons. The first kappa shape index (κ1) is 15.5. The maximum absolute atomic E-state index is 11.9. The maximum Gasteiger partial charge on any atom is 0.261 e. The van der Waals surface area contributed by atoms with Gasteiger partial charge >= 0.3 is 0 Å². The standard InChI is InChI=1S/C13H18BrF2NO/c1-9(2)17-6-10-3-4-11(12(14)5-10)7-18-8-13(15)16/h3-5,9,13,17H,6-8H2,1-2H3. The van der Waals surface area contributed by atoms with E-state index < -0.39 is 13.0 Å². The average molecular weight is 322 g/mol. The molecule has 0 aliphatic carbocycles. The number of ether oxygens (including phenoxy) is 1. The third-order valence-corrected chi connectivity index (χ3v) is 3.07. The zero-order chi connectivity index (χ0) is 13.5. The molecule has 18 heavy (non-hydrogen) atoms. The molecule has 5 heteroatoms. The highest BCUT2D eigenvalue weighted by atomic mass is 79.9. The smallest absolute Gasteiger partial charge is 0.261 e. The van der Waals surface area contributed by atoms with Crippen LogP contribution in [0.4, 0.5) is 8.78 Å². The van der Waals surface area contributed by atoms with Crippen molar-refractivity contribution < 1.29 is 13.5 Å². The number of nitrogens with one attached hydrogen (secondary N) is 1. The number of alkyl halides is 2. The summed E-state index contributed by atoms with van der Waals surface area (Å²) in [6.45, 7) is 4.63. The Balaban J connectivity index is 2.51. The summed E-state index contributed by atoms with van der Waals surface area (Å²) < 4.78 is 29.7. The minimum Gasteiger partial charge on any atom is -0.371 e. The molecule has 0 fully saturated rings. The van der Waals surface area contributed by atoms with Gasteiger partial charge in [0.2, 0.25) is 0 Å². The monoisotopic (exact) mass is 321 g/mol. The van der Waals surface area contributed by atoms with E-state index in [1.807, 2.05) is 18.2 Å². The molecule has 0 unspecified atom stereocenters. The lowest BCUT2D eigenvalue weighted by molar-refractivity contribution is 0.00970. The van der Waals surface area contributed by atoms with E-state index in [0.717, 1.165) is 22.1 Å². The van der Waals surface area contributed by atoms with Crippen LogP contribution in [0.15, 0.2) is 22.7 Å². The summed E-state index contributed by atoms with van der Waals surface area (Å²) in [4.78, 5) is 0. The lowest BCUT2D eigenvalue weighted by atomic mass is 10.1. The van der Waals surface area contributed by atoms with E-state index in [0.29, 0.717) is 6.04 Å². The van der Waals surface area contributed by atoms with Crippen LogP contribution >= 0.6 is 15.9 Å². The normalized spacial score (nSPS) is 11.5. The van der Waals surface area contributed by atoms with Gasteiger partial charge in [-0.25, -0.2) is 8.78 Å². The predicted molar refractivity (Wildman–Crippen MR) is 71.8 cm³/mol. The minimum absolute atomic E-state index is 0.197. The Bertz CT molecular complexity index is 372. The minimum atomic E-state index is -2.42. The van der Waals surface area contributed by atoms with Gasteiger partial charge < -0.3 is 10.1 Å². The van der Waals surface area contributed by atoms with Crippen LogP contribution in [0, 0.1) is 0 Å². The van der Waals surface area contributed by atoms with E-state index in [2.05, 4.69) is 35.1 Å². The summed E-state index contributed by atoms with van der Waals surface area (Å²) in [5.74, 6) is 0. The molecule has 0 spiro atoms. The van der Waals surface area contributed by atoms with Gasteiger partial charge in [-0.1, -0.05) is 41.9 Å². The zero-order valence-corrected chi connectivity index (χ0v) is 12.1. The van der Waals surface area contributed by atoms with Gasteiger partial charge in [0, 0.05) is 17.1 Å². The Morgan fingerprint density at radius 2 is 2.06 bits per heavy atom. The zero-order valence-electron chi connectivity index (χ0n) is 10.6. The second kappa shape index (κ2) is 7.81. The average Bonchev–Trinajstić information content (AvgIpc) is 2.28. The van der Waals surface area contributed by atoms with Crippen molar-refractivity contribution >= 4 is 15.9 Å². The molecule has 0 aliphatic heterocycles. The van der Waals surface area contributed by atoms with Crippen LogP contribution in [-0.4, -0.2) is 19.1 Å². The van der Waals surface area contributed by atoms with Gasteiger partial charge in [-0.3, -0.25) is 0 Å². The third kappa shape index (κ3) is 5.89. The Hall–Kier alpha value is -0.520. The molecule has 1 aromatic rings. The van der Waals surface area contributed by atoms with E-state index in [9.17, 15) is 8.78 Å². The molecule has 0 saturated carbocycles. The molecule has 0 atom stereocenters. The summed E-state index contributed by atoms with van der Waals surface area (Å²) >= 11 is 3.43. The van der Waals surface area contributed by atoms with Gasteiger partial charge in [0.1, 0.15) is 6.61 Å². The lowest BCUT2D eigenvalue weighted by Crippen LogP contribution is -2.21. The molecule has 0 saturated heterocycles. The van der Waals surface area contributed by atoms with E-state index in [1.54, 1.807) is 0 Å². The summed E-state index contributed by atoms with van der Waals surface area (Å²) in [5, 5.41) is 3.32. The van der Waals surface area contributed by atoms with E-state index in [1.165, 1.54) is 0 Å². The SMILES string of the molecule is CC(C)NCc1ccc(COCC(F)F)c(Br)c1. The molecular formula is C13H18BrF2NO. The van der Waals surface area contributed by atoms with E-state index >= 15 is 0 Å². The van der Waals surface area contributed by atoms with Crippen molar-refractivity contribution in [3.8, 4) is 0 Å². The lowest BCUT2D eigenvalue weighted by Gasteiger charge is -2.11. The van der Waals surface area contributed by atoms with Crippen molar-refractivity contribution in [1.29, 1.82) is 0 Å². The largest absolute Gasteiger partial charge is 0.371 e. The van der Waals surface area contributed by atoms with Crippen LogP contribution in [-0.2, 0) is 17.9 Å². The van der Waals surface area contributed by atoms with Gasteiger partial charge in [-0.05, 0) is 17.2 Å². The Kier molecular flexibility index (Phi) is 6.75. The summed E-state index contributed by atoms with van der Waals surface area (Å²) in [6.07, 6.45) is -2.42. The van der Waals surface area contributed by atoms with Crippen molar-refractivity contribution in [3.63, 3.8) is 0 Å². The molecule has 102 valence electrons. The summed E-state index contributed by atoms with van der Waals surface area (Å²) in [7, 11) is 0. The molecule has 0 heterocycles. The van der Waals surface area contributed by atoms with Gasteiger partial charge in [0.15, 0.2) is 0 Å². The predicted octanol–water partition coefficient (Wildman–Crippen LogP) is 3.73. The van der Waals surface area contributed by atoms with Crippen molar-refractivity contribution in [3.05, 3.63) is 33.8 Å². The van der Waals surface area contributed by atoms with Crippen LogP contribution in [0.3, 0.4) is 0 Å². The summed E-state index contributed by atoms with van der Waals surface area (Å²) in [5.41, 5.74) is 2.03. The number of benzene rings is 1. The Labute approximate surface area is 115 Å². The van der Waals surface area contributed by atoms with Crippen molar-refractivity contribution in [2.75, 3.05) is 6.61 Å². The first-order valence-corrected chi connectivity index (χ1v) is 6.65. The Morgan fingerprint density at radius 1 is 1.33 bits per heavy atom. The second-order valence-electron chi connectivity index (χ2n) is 4.37. The molecule has 1 N–H and O–H groups in total. The Morgan fingerprint density at radius 3 is 2.61 bits per heavy atom. The molecule has 0 bridgehead atoms. The first-order chi connectivity index (χ1) is 8.49. The van der Waals surface area contributed by atoms with Crippen molar-refractivity contribution in [1.82, 2.24) is 5.32 Å². The number of halogens is 3. The van der Waals surface area contributed by atoms with Crippen molar-refractivity contribution in [2.45, 2.75) is 39.5 Å². The quantitative estimate of drug-likeness (QED) is 0.826. The second-order valence-corrected chi connectivity index (χ2v) is 5.22. The molecule has 0 amide bonds. The van der Waals surface area contributed by atoms with Gasteiger partial charge in [0.05, 0.1) is 6.61 Å². The molecule has 2 nitrogen and oxygen atoms in total. The van der Waals surface area contributed by atoms with Crippen LogP contribution in [0.1, 0.15) is 25.0 Å². The fourth-order valence-electron chi connectivity index (χ4n) is 1.40. The number of rotatable bonds is 7. The van der Waals surface area contributed by atoms with Crippen LogP contribution in [0.2, 0.25) is 0 Å². The highest BCUT2D eigenvalue weighted by Gasteiger charge is 2.05. The molecule has 0 aromatic heterocycles. The molecular weight excluding hydrogens is 304 g/mol. The molecule has 1 rings (SSSR count). The van der Waals surface area contributed by atoms with Crippen LogP contribution in [0.5, 0.6) is 0 Å². The van der Waals surface area contributed by atoms with Gasteiger partial charge in [0.25, 0.3) is 6.43 Å². The van der Waals surface area contributed by atoms with Crippen molar-refractivity contribution in [2.24, 2.45) is 0 Å². The van der Waals surface area contributed by atoms with E-state index in [-0.39, 0.29) is 6.61 Å². The summed E-state index contributed by atoms with van der Waals surface area (Å²) in [6, 6.07) is 6.28. The maximum atomic E-state index is 11.9. The molecule has 0 aliphatic rings.